The van der Waals surface area contributed by atoms with E-state index in [1.807, 2.05) is 49.3 Å². The van der Waals surface area contributed by atoms with Gasteiger partial charge in [0.25, 0.3) is 0 Å². The number of hydrogen-bond acceptors (Lipinski definition) is 3. The summed E-state index contributed by atoms with van der Waals surface area (Å²) < 4.78 is 38.5. The van der Waals surface area contributed by atoms with E-state index in [1.165, 1.54) is 6.07 Å². The lowest BCUT2D eigenvalue weighted by Crippen LogP contribution is -2.39. The number of likely N-dealkylation sites (N-methyl/N-ethyl adjacent to an activating group) is 1. The van der Waals surface area contributed by atoms with E-state index in [-0.39, 0.29) is 12.5 Å². The third kappa shape index (κ3) is 6.69. The molecule has 1 amide bonds. The lowest BCUT2D eigenvalue weighted by Gasteiger charge is -2.20. The van der Waals surface area contributed by atoms with Crippen LogP contribution < -0.4 is 10.6 Å². The third-order valence-electron chi connectivity index (χ3n) is 4.02. The van der Waals surface area contributed by atoms with Crippen molar-refractivity contribution < 1.29 is 18.0 Å². The molecule has 2 aromatic carbocycles. The van der Waals surface area contributed by atoms with Crippen molar-refractivity contribution in [2.45, 2.75) is 18.8 Å². The standard InChI is InChI=1S/C20H24F3N3O/c1-26(2)12-11-24-18(16-8-4-3-5-9-16)19(27)25-14-15-7-6-10-17(13-15)20(21,22)23/h3-10,13,18,24H,11-12,14H2,1-2H3,(H,25,27)/t18-/m0/s1. The minimum absolute atomic E-state index is 0.0292. The fourth-order valence-electron chi connectivity index (χ4n) is 2.59. The molecule has 0 aliphatic carbocycles. The second-order valence-electron chi connectivity index (χ2n) is 6.52. The first-order chi connectivity index (χ1) is 12.8. The molecule has 0 aliphatic heterocycles. The van der Waals surface area contributed by atoms with Crippen LogP contribution in [0.4, 0.5) is 13.2 Å². The summed E-state index contributed by atoms with van der Waals surface area (Å²) in [4.78, 5) is 14.7. The molecule has 0 bridgehead atoms. The van der Waals surface area contributed by atoms with Gasteiger partial charge in [-0.3, -0.25) is 4.79 Å². The molecule has 1 atom stereocenters. The average Bonchev–Trinajstić information content (AvgIpc) is 2.63. The highest BCUT2D eigenvalue weighted by Gasteiger charge is 2.30. The van der Waals surface area contributed by atoms with E-state index < -0.39 is 17.8 Å². The molecule has 0 unspecified atom stereocenters. The topological polar surface area (TPSA) is 44.4 Å². The van der Waals surface area contributed by atoms with E-state index in [0.717, 1.165) is 24.2 Å². The molecule has 2 N–H and O–H groups in total. The minimum atomic E-state index is -4.40. The molecule has 146 valence electrons. The Bertz CT molecular complexity index is 733. The van der Waals surface area contributed by atoms with Crippen LogP contribution in [0.5, 0.6) is 0 Å². The van der Waals surface area contributed by atoms with Gasteiger partial charge in [-0.15, -0.1) is 0 Å². The molecule has 2 aromatic rings. The number of rotatable bonds is 8. The van der Waals surface area contributed by atoms with Gasteiger partial charge in [0.1, 0.15) is 6.04 Å². The fourth-order valence-corrected chi connectivity index (χ4v) is 2.59. The Hall–Kier alpha value is -2.38. The fraction of sp³-hybridized carbons (Fsp3) is 0.350. The van der Waals surface area contributed by atoms with Gasteiger partial charge in [-0.1, -0.05) is 42.5 Å². The van der Waals surface area contributed by atoms with Crippen molar-refractivity contribution in [1.29, 1.82) is 0 Å². The zero-order chi connectivity index (χ0) is 19.9. The molecule has 0 aromatic heterocycles. The van der Waals surface area contributed by atoms with Gasteiger partial charge in [-0.05, 0) is 37.4 Å². The molecular formula is C20H24F3N3O. The number of benzene rings is 2. The van der Waals surface area contributed by atoms with Crippen molar-refractivity contribution in [3.8, 4) is 0 Å². The van der Waals surface area contributed by atoms with E-state index in [4.69, 9.17) is 0 Å². The molecule has 27 heavy (non-hydrogen) atoms. The maximum absolute atomic E-state index is 12.8. The van der Waals surface area contributed by atoms with Crippen LogP contribution in [0.3, 0.4) is 0 Å². The van der Waals surface area contributed by atoms with Crippen molar-refractivity contribution in [3.05, 3.63) is 71.3 Å². The highest BCUT2D eigenvalue weighted by Crippen LogP contribution is 2.29. The maximum Gasteiger partial charge on any atom is 0.416 e. The largest absolute Gasteiger partial charge is 0.416 e. The highest BCUT2D eigenvalue weighted by atomic mass is 19.4. The average molecular weight is 379 g/mol. The summed E-state index contributed by atoms with van der Waals surface area (Å²) in [6.45, 7) is 1.38. The number of alkyl halides is 3. The van der Waals surface area contributed by atoms with Crippen molar-refractivity contribution in [1.82, 2.24) is 15.5 Å². The van der Waals surface area contributed by atoms with E-state index in [1.54, 1.807) is 6.07 Å². The van der Waals surface area contributed by atoms with Gasteiger partial charge in [-0.25, -0.2) is 0 Å². The van der Waals surface area contributed by atoms with Gasteiger partial charge in [0, 0.05) is 19.6 Å². The number of hydrogen-bond donors (Lipinski definition) is 2. The number of halogens is 3. The van der Waals surface area contributed by atoms with Gasteiger partial charge in [0.05, 0.1) is 5.56 Å². The van der Waals surface area contributed by atoms with Gasteiger partial charge < -0.3 is 15.5 Å². The summed E-state index contributed by atoms with van der Waals surface area (Å²) in [5.41, 5.74) is 0.481. The zero-order valence-corrected chi connectivity index (χ0v) is 15.4. The summed E-state index contributed by atoms with van der Waals surface area (Å²) in [5.74, 6) is -0.280. The SMILES string of the molecule is CN(C)CCN[C@H](C(=O)NCc1cccc(C(F)(F)F)c1)c1ccccc1. The second-order valence-corrected chi connectivity index (χ2v) is 6.52. The van der Waals surface area contributed by atoms with Crippen LogP contribution in [0.25, 0.3) is 0 Å². The van der Waals surface area contributed by atoms with Crippen LogP contribution in [0.1, 0.15) is 22.7 Å². The van der Waals surface area contributed by atoms with Crippen LogP contribution in [-0.2, 0) is 17.5 Å². The van der Waals surface area contributed by atoms with Crippen LogP contribution in [0.15, 0.2) is 54.6 Å². The second kappa shape index (κ2) is 9.53. The molecule has 0 aliphatic rings. The molecule has 0 radical (unpaired) electrons. The van der Waals surface area contributed by atoms with Gasteiger partial charge in [0.2, 0.25) is 5.91 Å². The molecule has 0 saturated carbocycles. The number of nitrogens with zero attached hydrogens (tertiary/aromatic N) is 1. The predicted octanol–water partition coefficient (Wildman–Crippen LogP) is 3.21. The van der Waals surface area contributed by atoms with Crippen molar-refractivity contribution in [2.24, 2.45) is 0 Å². The van der Waals surface area contributed by atoms with E-state index in [9.17, 15) is 18.0 Å². The summed E-state index contributed by atoms with van der Waals surface area (Å²) in [6.07, 6.45) is -4.40. The van der Waals surface area contributed by atoms with Gasteiger partial charge in [0.15, 0.2) is 0 Å². The Morgan fingerprint density at radius 1 is 1.07 bits per heavy atom. The third-order valence-corrected chi connectivity index (χ3v) is 4.02. The molecule has 2 rings (SSSR count). The number of nitrogens with one attached hydrogen (secondary N) is 2. The van der Waals surface area contributed by atoms with Crippen molar-refractivity contribution >= 4 is 5.91 Å². The predicted molar refractivity (Wildman–Crippen MR) is 99.0 cm³/mol. The lowest BCUT2D eigenvalue weighted by molar-refractivity contribution is -0.137. The van der Waals surface area contributed by atoms with E-state index >= 15 is 0 Å². The van der Waals surface area contributed by atoms with E-state index in [0.29, 0.717) is 12.1 Å². The first kappa shape index (κ1) is 20.9. The molecule has 0 fully saturated rings. The molecule has 7 heteroatoms. The number of carbonyl (C=O) groups is 1. The molecule has 0 saturated heterocycles. The van der Waals surface area contributed by atoms with E-state index in [2.05, 4.69) is 10.6 Å². The van der Waals surface area contributed by atoms with Gasteiger partial charge in [-0.2, -0.15) is 13.2 Å². The molecular weight excluding hydrogens is 355 g/mol. The maximum atomic E-state index is 12.8. The van der Waals surface area contributed by atoms with Gasteiger partial charge >= 0.3 is 6.18 Å². The zero-order valence-electron chi connectivity index (χ0n) is 15.4. The monoisotopic (exact) mass is 379 g/mol. The molecule has 0 heterocycles. The summed E-state index contributed by atoms with van der Waals surface area (Å²) >= 11 is 0. The Kier molecular flexibility index (Phi) is 7.38. The first-order valence-corrected chi connectivity index (χ1v) is 8.64. The Labute approximate surface area is 157 Å². The highest BCUT2D eigenvalue weighted by molar-refractivity contribution is 5.83. The first-order valence-electron chi connectivity index (χ1n) is 8.64. The Morgan fingerprint density at radius 2 is 1.78 bits per heavy atom. The lowest BCUT2D eigenvalue weighted by atomic mass is 10.1. The van der Waals surface area contributed by atoms with Crippen molar-refractivity contribution in [2.75, 3.05) is 27.2 Å². The summed E-state index contributed by atoms with van der Waals surface area (Å²) in [6, 6.07) is 13.6. The molecule has 4 nitrogen and oxygen atoms in total. The Morgan fingerprint density at radius 3 is 2.41 bits per heavy atom. The van der Waals surface area contributed by atoms with Crippen LogP contribution >= 0.6 is 0 Å². The smallest absolute Gasteiger partial charge is 0.350 e. The van der Waals surface area contributed by atoms with Crippen LogP contribution in [0, 0.1) is 0 Å². The Balaban J connectivity index is 2.05. The summed E-state index contributed by atoms with van der Waals surface area (Å²) in [7, 11) is 3.87. The number of carbonyl (C=O) groups excluding carboxylic acids is 1. The quantitative estimate of drug-likeness (QED) is 0.740. The van der Waals surface area contributed by atoms with Crippen molar-refractivity contribution in [3.63, 3.8) is 0 Å². The van der Waals surface area contributed by atoms with Crippen LogP contribution in [0.2, 0.25) is 0 Å². The normalized spacial score (nSPS) is 12.8. The number of amides is 1. The summed E-state index contributed by atoms with van der Waals surface area (Å²) in [5, 5.41) is 5.94. The molecule has 0 spiro atoms. The minimum Gasteiger partial charge on any atom is -0.350 e. The van der Waals surface area contributed by atoms with Crippen LogP contribution in [-0.4, -0.2) is 38.0 Å².